The van der Waals surface area contributed by atoms with Gasteiger partial charge in [0.1, 0.15) is 0 Å². The van der Waals surface area contributed by atoms with Crippen molar-refractivity contribution in [3.8, 4) is 0 Å². The van der Waals surface area contributed by atoms with Crippen LogP contribution in [-0.2, 0) is 17.9 Å². The molecule has 130 valence electrons. The number of amides is 1. The number of rotatable bonds is 4. The minimum atomic E-state index is -0.187. The van der Waals surface area contributed by atoms with Crippen molar-refractivity contribution in [1.82, 2.24) is 20.1 Å². The molecule has 2 aliphatic rings. The normalized spacial score (nSPS) is 20.7. The van der Waals surface area contributed by atoms with Crippen LogP contribution in [0.25, 0.3) is 0 Å². The second-order valence-electron chi connectivity index (χ2n) is 7.02. The Morgan fingerprint density at radius 2 is 1.76 bits per heavy atom. The minimum absolute atomic E-state index is 0.147. The van der Waals surface area contributed by atoms with E-state index in [1.54, 1.807) is 0 Å². The average Bonchev–Trinajstić information content (AvgIpc) is 2.94. The molecule has 0 bridgehead atoms. The summed E-state index contributed by atoms with van der Waals surface area (Å²) in [6.45, 7) is 4.14. The van der Waals surface area contributed by atoms with E-state index in [4.69, 9.17) is 0 Å². The second-order valence-corrected chi connectivity index (χ2v) is 7.02. The summed E-state index contributed by atoms with van der Waals surface area (Å²) < 4.78 is 0. The van der Waals surface area contributed by atoms with Gasteiger partial charge in [-0.25, -0.2) is 0 Å². The Bertz CT molecular complexity index is 711. The Balaban J connectivity index is 1.42. The average molecular weight is 336 g/mol. The number of pyridine rings is 1. The Morgan fingerprint density at radius 3 is 2.48 bits per heavy atom. The SMILES string of the molecule is O=C1CN(Cc2ccccc2)C2(CCN(Cc3ccccn3)CC2)N1. The molecule has 5 heteroatoms. The van der Waals surface area contributed by atoms with Crippen LogP contribution in [0.5, 0.6) is 0 Å². The molecule has 1 aromatic heterocycles. The maximum absolute atomic E-state index is 12.1. The van der Waals surface area contributed by atoms with Gasteiger partial charge in [0.25, 0.3) is 0 Å². The molecule has 4 rings (SSSR count). The summed E-state index contributed by atoms with van der Waals surface area (Å²) in [5.74, 6) is 0.147. The van der Waals surface area contributed by atoms with Crippen LogP contribution in [0.3, 0.4) is 0 Å². The van der Waals surface area contributed by atoms with Gasteiger partial charge in [-0.05, 0) is 30.5 Å². The van der Waals surface area contributed by atoms with E-state index in [0.717, 1.165) is 44.7 Å². The van der Waals surface area contributed by atoms with Crippen molar-refractivity contribution in [3.05, 3.63) is 66.0 Å². The van der Waals surface area contributed by atoms with Crippen molar-refractivity contribution in [2.45, 2.75) is 31.6 Å². The summed E-state index contributed by atoms with van der Waals surface area (Å²) in [5, 5.41) is 3.27. The number of hydrogen-bond donors (Lipinski definition) is 1. The van der Waals surface area contributed by atoms with Gasteiger partial charge in [-0.2, -0.15) is 0 Å². The standard InChI is InChI=1S/C20H24N4O/c25-19-16-24(14-17-6-2-1-3-7-17)20(22-19)9-12-23(13-10-20)15-18-8-4-5-11-21-18/h1-8,11H,9-10,12-16H2,(H,22,25). The number of piperidine rings is 1. The van der Waals surface area contributed by atoms with Gasteiger partial charge in [-0.15, -0.1) is 0 Å². The lowest BCUT2D eigenvalue weighted by atomic mass is 9.95. The lowest BCUT2D eigenvalue weighted by molar-refractivity contribution is -0.119. The van der Waals surface area contributed by atoms with Crippen LogP contribution < -0.4 is 5.32 Å². The van der Waals surface area contributed by atoms with Gasteiger partial charge in [0, 0.05) is 32.4 Å². The van der Waals surface area contributed by atoms with Gasteiger partial charge < -0.3 is 5.32 Å². The molecule has 0 atom stereocenters. The van der Waals surface area contributed by atoms with Crippen molar-refractivity contribution < 1.29 is 4.79 Å². The monoisotopic (exact) mass is 336 g/mol. The van der Waals surface area contributed by atoms with Crippen molar-refractivity contribution >= 4 is 5.91 Å². The minimum Gasteiger partial charge on any atom is -0.337 e. The predicted octanol–water partition coefficient (Wildman–Crippen LogP) is 2.01. The smallest absolute Gasteiger partial charge is 0.235 e. The fourth-order valence-corrected chi connectivity index (χ4v) is 3.96. The molecule has 3 heterocycles. The first kappa shape index (κ1) is 16.2. The van der Waals surface area contributed by atoms with Gasteiger partial charge in [-0.1, -0.05) is 36.4 Å². The molecule has 1 aromatic carbocycles. The quantitative estimate of drug-likeness (QED) is 0.928. The van der Waals surface area contributed by atoms with E-state index in [0.29, 0.717) is 6.54 Å². The summed E-state index contributed by atoms with van der Waals surface area (Å²) in [5.41, 5.74) is 2.18. The molecular weight excluding hydrogens is 312 g/mol. The first-order chi connectivity index (χ1) is 12.2. The molecule has 1 amide bonds. The molecule has 25 heavy (non-hydrogen) atoms. The zero-order valence-electron chi connectivity index (χ0n) is 14.4. The number of nitrogens with one attached hydrogen (secondary N) is 1. The number of aromatic nitrogens is 1. The zero-order valence-corrected chi connectivity index (χ0v) is 14.4. The fourth-order valence-electron chi connectivity index (χ4n) is 3.96. The largest absolute Gasteiger partial charge is 0.337 e. The molecule has 1 N–H and O–H groups in total. The van der Waals surface area contributed by atoms with Gasteiger partial charge >= 0.3 is 0 Å². The summed E-state index contributed by atoms with van der Waals surface area (Å²) in [7, 11) is 0. The Kier molecular flexibility index (Phi) is 4.51. The predicted molar refractivity (Wildman–Crippen MR) is 96.5 cm³/mol. The van der Waals surface area contributed by atoms with Gasteiger partial charge in [0.05, 0.1) is 17.9 Å². The first-order valence-corrected chi connectivity index (χ1v) is 8.96. The van der Waals surface area contributed by atoms with Crippen molar-refractivity contribution in [1.29, 1.82) is 0 Å². The highest BCUT2D eigenvalue weighted by atomic mass is 16.2. The molecule has 2 aromatic rings. The van der Waals surface area contributed by atoms with E-state index >= 15 is 0 Å². The van der Waals surface area contributed by atoms with Crippen LogP contribution >= 0.6 is 0 Å². The van der Waals surface area contributed by atoms with Gasteiger partial charge in [-0.3, -0.25) is 19.6 Å². The van der Waals surface area contributed by atoms with Crippen LogP contribution in [0.2, 0.25) is 0 Å². The molecule has 2 aliphatic heterocycles. The van der Waals surface area contributed by atoms with Crippen molar-refractivity contribution in [3.63, 3.8) is 0 Å². The van der Waals surface area contributed by atoms with Crippen LogP contribution in [0.1, 0.15) is 24.1 Å². The van der Waals surface area contributed by atoms with E-state index in [1.165, 1.54) is 5.56 Å². The number of carbonyl (C=O) groups is 1. The molecule has 5 nitrogen and oxygen atoms in total. The van der Waals surface area contributed by atoms with E-state index in [1.807, 2.05) is 24.4 Å². The lowest BCUT2D eigenvalue weighted by Crippen LogP contribution is -2.57. The first-order valence-electron chi connectivity index (χ1n) is 8.96. The molecule has 2 fully saturated rings. The summed E-state index contributed by atoms with van der Waals surface area (Å²) in [4.78, 5) is 21.3. The van der Waals surface area contributed by atoms with E-state index in [-0.39, 0.29) is 11.6 Å². The van der Waals surface area contributed by atoms with E-state index < -0.39 is 0 Å². The Morgan fingerprint density at radius 1 is 1.00 bits per heavy atom. The molecule has 0 aliphatic carbocycles. The van der Waals surface area contributed by atoms with E-state index in [2.05, 4.69) is 50.4 Å². The molecular formula is C20H24N4O. The number of carbonyl (C=O) groups excluding carboxylic acids is 1. The number of nitrogens with zero attached hydrogens (tertiary/aromatic N) is 3. The third kappa shape index (κ3) is 3.57. The molecule has 0 unspecified atom stereocenters. The number of hydrogen-bond acceptors (Lipinski definition) is 4. The maximum Gasteiger partial charge on any atom is 0.235 e. The summed E-state index contributed by atoms with van der Waals surface area (Å²) >= 11 is 0. The van der Waals surface area contributed by atoms with Crippen LogP contribution in [0.4, 0.5) is 0 Å². The molecule has 1 spiro atoms. The second kappa shape index (κ2) is 6.94. The number of benzene rings is 1. The molecule has 0 radical (unpaired) electrons. The number of likely N-dealkylation sites (tertiary alicyclic amines) is 1. The lowest BCUT2D eigenvalue weighted by Gasteiger charge is -2.44. The highest BCUT2D eigenvalue weighted by Crippen LogP contribution is 2.31. The third-order valence-corrected chi connectivity index (χ3v) is 5.32. The molecule has 0 saturated carbocycles. The molecule has 2 saturated heterocycles. The fraction of sp³-hybridized carbons (Fsp3) is 0.400. The summed E-state index contributed by atoms with van der Waals surface area (Å²) in [6, 6.07) is 16.5. The van der Waals surface area contributed by atoms with E-state index in [9.17, 15) is 4.79 Å². The Labute approximate surface area is 148 Å². The third-order valence-electron chi connectivity index (χ3n) is 5.32. The zero-order chi connectivity index (χ0) is 17.1. The van der Waals surface area contributed by atoms with Crippen LogP contribution in [0, 0.1) is 0 Å². The Hall–Kier alpha value is -2.24. The highest BCUT2D eigenvalue weighted by Gasteiger charge is 2.46. The van der Waals surface area contributed by atoms with Gasteiger partial charge in [0.15, 0.2) is 0 Å². The van der Waals surface area contributed by atoms with Gasteiger partial charge in [0.2, 0.25) is 5.91 Å². The van der Waals surface area contributed by atoms with Crippen LogP contribution in [0.15, 0.2) is 54.7 Å². The highest BCUT2D eigenvalue weighted by molar-refractivity contribution is 5.81. The van der Waals surface area contributed by atoms with Crippen LogP contribution in [-0.4, -0.2) is 46.0 Å². The van der Waals surface area contributed by atoms with Crippen molar-refractivity contribution in [2.24, 2.45) is 0 Å². The topological polar surface area (TPSA) is 48.5 Å². The maximum atomic E-state index is 12.1. The van der Waals surface area contributed by atoms with Crippen molar-refractivity contribution in [2.75, 3.05) is 19.6 Å². The summed E-state index contributed by atoms with van der Waals surface area (Å²) in [6.07, 6.45) is 3.76.